The van der Waals surface area contributed by atoms with Gasteiger partial charge in [0, 0.05) is 13.1 Å². The second-order valence-electron chi connectivity index (χ2n) is 7.53. The molecule has 186 valence electrons. The number of anilines is 1. The predicted octanol–water partition coefficient (Wildman–Crippen LogP) is 3.71. The van der Waals surface area contributed by atoms with Gasteiger partial charge < -0.3 is 15.0 Å². The number of nitrogens with zero attached hydrogens (tertiary/aromatic N) is 2. The highest BCUT2D eigenvalue weighted by molar-refractivity contribution is 7.92. The topological polar surface area (TPSA) is 96.0 Å². The fourth-order valence-electron chi connectivity index (χ4n) is 3.48. The third kappa shape index (κ3) is 7.01. The summed E-state index contributed by atoms with van der Waals surface area (Å²) in [5.41, 5.74) is 0.870. The highest BCUT2D eigenvalue weighted by atomic mass is 35.5. The SMILES string of the molecule is CCNC(=O)[C@@H](CC)N(Cc1ccc(Cl)c(Cl)c1)C(=O)CN(c1ccccc1OC)S(C)(=O)=O. The van der Waals surface area contributed by atoms with E-state index in [1.165, 1.54) is 12.0 Å². The number of para-hydroxylation sites is 2. The van der Waals surface area contributed by atoms with Gasteiger partial charge in [-0.25, -0.2) is 8.42 Å². The number of amides is 2. The minimum atomic E-state index is -3.86. The first kappa shape index (κ1) is 27.8. The van der Waals surface area contributed by atoms with E-state index in [0.29, 0.717) is 34.3 Å². The first-order valence-corrected chi connectivity index (χ1v) is 13.3. The van der Waals surface area contributed by atoms with Crippen LogP contribution in [0.4, 0.5) is 5.69 Å². The number of methoxy groups -OCH3 is 1. The summed E-state index contributed by atoms with van der Waals surface area (Å²) in [4.78, 5) is 27.7. The molecule has 1 N–H and O–H groups in total. The van der Waals surface area contributed by atoms with Crippen LogP contribution < -0.4 is 14.4 Å². The number of hydrogen-bond donors (Lipinski definition) is 1. The normalized spacial score (nSPS) is 12.1. The van der Waals surface area contributed by atoms with Gasteiger partial charge in [0.05, 0.1) is 29.1 Å². The number of carbonyl (C=O) groups excluding carboxylic acids is 2. The second kappa shape index (κ2) is 12.3. The van der Waals surface area contributed by atoms with Crippen molar-refractivity contribution in [1.29, 1.82) is 0 Å². The van der Waals surface area contributed by atoms with Gasteiger partial charge in [0.25, 0.3) is 0 Å². The number of rotatable bonds is 11. The lowest BCUT2D eigenvalue weighted by atomic mass is 10.1. The van der Waals surface area contributed by atoms with Crippen molar-refractivity contribution in [1.82, 2.24) is 10.2 Å². The average Bonchev–Trinajstić information content (AvgIpc) is 2.79. The number of sulfonamides is 1. The number of likely N-dealkylation sites (N-methyl/N-ethyl adjacent to an activating group) is 1. The minimum absolute atomic E-state index is 0.0366. The molecular weight excluding hydrogens is 501 g/mol. The van der Waals surface area contributed by atoms with Gasteiger partial charge in [0.15, 0.2) is 0 Å². The first-order valence-electron chi connectivity index (χ1n) is 10.6. The standard InChI is InChI=1S/C23H29Cl2N3O5S/c1-5-19(23(30)26-6-2)27(14-16-11-12-17(24)18(25)13-16)22(29)15-28(34(4,31)32)20-9-7-8-10-21(20)33-3/h7-13,19H,5-6,14-15H2,1-4H3,(H,26,30)/t19-/m1/s1. The Bertz CT molecular complexity index is 1130. The van der Waals surface area contributed by atoms with E-state index < -0.39 is 28.5 Å². The van der Waals surface area contributed by atoms with Crippen LogP contribution in [0.2, 0.25) is 10.0 Å². The molecule has 0 bridgehead atoms. The Hall–Kier alpha value is -2.49. The predicted molar refractivity (Wildman–Crippen MR) is 135 cm³/mol. The number of benzene rings is 2. The molecular formula is C23H29Cl2N3O5S. The minimum Gasteiger partial charge on any atom is -0.495 e. The van der Waals surface area contributed by atoms with Crippen molar-refractivity contribution in [2.24, 2.45) is 0 Å². The van der Waals surface area contributed by atoms with Crippen molar-refractivity contribution in [2.75, 3.05) is 30.8 Å². The van der Waals surface area contributed by atoms with Crippen molar-refractivity contribution in [3.8, 4) is 5.75 Å². The molecule has 2 amide bonds. The molecule has 8 nitrogen and oxygen atoms in total. The zero-order valence-electron chi connectivity index (χ0n) is 19.5. The number of nitrogens with one attached hydrogen (secondary N) is 1. The van der Waals surface area contributed by atoms with E-state index in [0.717, 1.165) is 10.6 Å². The Morgan fingerprint density at radius 2 is 1.76 bits per heavy atom. The monoisotopic (exact) mass is 529 g/mol. The summed E-state index contributed by atoms with van der Waals surface area (Å²) >= 11 is 12.2. The van der Waals surface area contributed by atoms with Crippen LogP contribution in [-0.2, 0) is 26.2 Å². The van der Waals surface area contributed by atoms with Gasteiger partial charge in [-0.2, -0.15) is 0 Å². The molecule has 0 saturated carbocycles. The summed E-state index contributed by atoms with van der Waals surface area (Å²) in [7, 11) is -2.44. The third-order valence-corrected chi connectivity index (χ3v) is 6.97. The van der Waals surface area contributed by atoms with Gasteiger partial charge in [-0.05, 0) is 43.2 Å². The number of hydrogen-bond acceptors (Lipinski definition) is 5. The molecule has 1 atom stereocenters. The summed E-state index contributed by atoms with van der Waals surface area (Å²) in [6.45, 7) is 3.47. The largest absolute Gasteiger partial charge is 0.495 e. The lowest BCUT2D eigenvalue weighted by Gasteiger charge is -2.33. The summed E-state index contributed by atoms with van der Waals surface area (Å²) in [5.74, 6) is -0.588. The first-order chi connectivity index (χ1) is 16.0. The van der Waals surface area contributed by atoms with Crippen molar-refractivity contribution in [2.45, 2.75) is 32.9 Å². The summed E-state index contributed by atoms with van der Waals surface area (Å²) in [6.07, 6.45) is 1.34. The lowest BCUT2D eigenvalue weighted by molar-refractivity contribution is -0.140. The maximum absolute atomic E-state index is 13.6. The molecule has 0 aliphatic rings. The molecule has 0 aliphatic carbocycles. The quantitative estimate of drug-likeness (QED) is 0.478. The maximum atomic E-state index is 13.6. The number of carbonyl (C=O) groups is 2. The lowest BCUT2D eigenvalue weighted by Crippen LogP contribution is -2.52. The summed E-state index contributed by atoms with van der Waals surface area (Å²) in [5, 5.41) is 3.41. The Morgan fingerprint density at radius 1 is 1.09 bits per heavy atom. The van der Waals surface area contributed by atoms with Gasteiger partial charge in [-0.3, -0.25) is 13.9 Å². The van der Waals surface area contributed by atoms with Crippen LogP contribution in [0.1, 0.15) is 25.8 Å². The van der Waals surface area contributed by atoms with Gasteiger partial charge in [0.1, 0.15) is 18.3 Å². The molecule has 0 fully saturated rings. The third-order valence-electron chi connectivity index (χ3n) is 5.11. The smallest absolute Gasteiger partial charge is 0.244 e. The highest BCUT2D eigenvalue weighted by Crippen LogP contribution is 2.30. The Kier molecular flexibility index (Phi) is 10.0. The van der Waals surface area contributed by atoms with E-state index in [-0.39, 0.29) is 18.1 Å². The molecule has 0 radical (unpaired) electrons. The molecule has 0 aliphatic heterocycles. The van der Waals surface area contributed by atoms with Crippen LogP contribution in [-0.4, -0.2) is 57.6 Å². The Morgan fingerprint density at radius 3 is 2.32 bits per heavy atom. The van der Waals surface area contributed by atoms with Gasteiger partial charge in [0.2, 0.25) is 21.8 Å². The van der Waals surface area contributed by atoms with Crippen LogP contribution in [0.25, 0.3) is 0 Å². The highest BCUT2D eigenvalue weighted by Gasteiger charge is 2.32. The van der Waals surface area contributed by atoms with E-state index in [2.05, 4.69) is 5.32 Å². The van der Waals surface area contributed by atoms with Crippen molar-refractivity contribution >= 4 is 50.7 Å². The van der Waals surface area contributed by atoms with Crippen molar-refractivity contribution in [3.63, 3.8) is 0 Å². The van der Waals surface area contributed by atoms with E-state index >= 15 is 0 Å². The molecule has 2 rings (SSSR count). The average molecular weight is 530 g/mol. The molecule has 0 heterocycles. The van der Waals surface area contributed by atoms with Gasteiger partial charge >= 0.3 is 0 Å². The Labute approximate surface area is 210 Å². The number of halogens is 2. The van der Waals surface area contributed by atoms with Crippen LogP contribution >= 0.6 is 23.2 Å². The molecule has 0 aromatic heterocycles. The fourth-order valence-corrected chi connectivity index (χ4v) is 4.65. The van der Waals surface area contributed by atoms with Crippen molar-refractivity contribution < 1.29 is 22.7 Å². The van der Waals surface area contributed by atoms with E-state index in [1.807, 2.05) is 0 Å². The van der Waals surface area contributed by atoms with Gasteiger partial charge in [-0.1, -0.05) is 48.3 Å². The maximum Gasteiger partial charge on any atom is 0.244 e. The van der Waals surface area contributed by atoms with Crippen LogP contribution in [0.3, 0.4) is 0 Å². The second-order valence-corrected chi connectivity index (χ2v) is 10.3. The molecule has 0 unspecified atom stereocenters. The van der Waals surface area contributed by atoms with E-state index in [9.17, 15) is 18.0 Å². The molecule has 11 heteroatoms. The van der Waals surface area contributed by atoms with E-state index in [1.54, 1.807) is 56.3 Å². The molecule has 0 spiro atoms. The van der Waals surface area contributed by atoms with E-state index in [4.69, 9.17) is 27.9 Å². The summed E-state index contributed by atoms with van der Waals surface area (Å²) in [6, 6.07) is 10.6. The van der Waals surface area contributed by atoms with Crippen LogP contribution in [0.15, 0.2) is 42.5 Å². The molecule has 0 saturated heterocycles. The van der Waals surface area contributed by atoms with Crippen LogP contribution in [0.5, 0.6) is 5.75 Å². The number of ether oxygens (including phenoxy) is 1. The Balaban J connectivity index is 2.49. The zero-order chi connectivity index (χ0) is 25.5. The van der Waals surface area contributed by atoms with Gasteiger partial charge in [-0.15, -0.1) is 0 Å². The van der Waals surface area contributed by atoms with Crippen molar-refractivity contribution in [3.05, 3.63) is 58.1 Å². The zero-order valence-corrected chi connectivity index (χ0v) is 21.9. The fraction of sp³-hybridized carbons (Fsp3) is 0.391. The summed E-state index contributed by atoms with van der Waals surface area (Å²) < 4.78 is 31.6. The molecule has 34 heavy (non-hydrogen) atoms. The molecule has 2 aromatic rings. The molecule has 2 aromatic carbocycles. The van der Waals surface area contributed by atoms with Crippen LogP contribution in [0, 0.1) is 0 Å².